The van der Waals surface area contributed by atoms with E-state index in [-0.39, 0.29) is 5.41 Å². The van der Waals surface area contributed by atoms with Crippen molar-refractivity contribution in [2.75, 3.05) is 4.90 Å². The minimum atomic E-state index is -0.204. The second-order valence-electron chi connectivity index (χ2n) is 14.6. The van der Waals surface area contributed by atoms with E-state index in [0.29, 0.717) is 0 Å². The van der Waals surface area contributed by atoms with Gasteiger partial charge >= 0.3 is 0 Å². The fourth-order valence-electron chi connectivity index (χ4n) is 8.58. The van der Waals surface area contributed by atoms with E-state index in [2.05, 4.69) is 217 Å². The van der Waals surface area contributed by atoms with Gasteiger partial charge in [-0.25, -0.2) is 0 Å². The van der Waals surface area contributed by atoms with E-state index in [0.717, 1.165) is 17.1 Å². The summed E-state index contributed by atoms with van der Waals surface area (Å²) in [5.41, 5.74) is 17.0. The van der Waals surface area contributed by atoms with Crippen LogP contribution in [0.1, 0.15) is 25.0 Å². The van der Waals surface area contributed by atoms with Crippen LogP contribution in [0.5, 0.6) is 0 Å². The SMILES string of the molecule is CC1(C)c2cc(N(c3ccccc3)c3ccccc3-c3ccc(-c4ccccc4)cc3)ccc2-c2ccc(-n3c4ccccc4c4ccccc43)cc21. The molecule has 0 saturated carbocycles. The monoisotopic (exact) mass is 678 g/mol. The molecule has 10 rings (SSSR count). The molecule has 1 aliphatic rings. The van der Waals surface area contributed by atoms with Crippen molar-refractivity contribution in [1.82, 2.24) is 4.57 Å². The summed E-state index contributed by atoms with van der Waals surface area (Å²) in [7, 11) is 0. The standard InChI is InChI=1S/C51H38N2/c1-51(2)46-33-39(29-31-42(46)43-32-30-40(34-47(43)51)53-49-23-13-10-20-44(49)45-21-11-14-24-50(45)53)52(38-17-7-4-8-18-38)48-22-12-9-19-41(48)37-27-25-36(26-28-37)35-15-5-3-6-16-35/h3-34H,1-2H3. The van der Waals surface area contributed by atoms with Crippen LogP contribution in [0.4, 0.5) is 17.1 Å². The molecular formula is C51H38N2. The van der Waals surface area contributed by atoms with Crippen LogP contribution in [-0.2, 0) is 5.41 Å². The first-order valence-corrected chi connectivity index (χ1v) is 18.4. The highest BCUT2D eigenvalue weighted by molar-refractivity contribution is 6.09. The van der Waals surface area contributed by atoms with Crippen LogP contribution in [0.15, 0.2) is 194 Å². The molecule has 2 nitrogen and oxygen atoms in total. The molecule has 0 saturated heterocycles. The predicted molar refractivity (Wildman–Crippen MR) is 224 cm³/mol. The molecule has 9 aromatic rings. The van der Waals surface area contributed by atoms with Crippen LogP contribution in [0.3, 0.4) is 0 Å². The quantitative estimate of drug-likeness (QED) is 0.170. The second-order valence-corrected chi connectivity index (χ2v) is 14.6. The van der Waals surface area contributed by atoms with Gasteiger partial charge in [0, 0.05) is 38.8 Å². The summed E-state index contributed by atoms with van der Waals surface area (Å²) in [5, 5.41) is 2.56. The molecule has 0 spiro atoms. The third-order valence-electron chi connectivity index (χ3n) is 11.2. The lowest BCUT2D eigenvalue weighted by Gasteiger charge is -2.29. The third-order valence-corrected chi connectivity index (χ3v) is 11.2. The number of fused-ring (bicyclic) bond motifs is 6. The van der Waals surface area contributed by atoms with Gasteiger partial charge in [-0.2, -0.15) is 0 Å². The molecule has 2 heteroatoms. The zero-order valence-electron chi connectivity index (χ0n) is 29.9. The van der Waals surface area contributed by atoms with Gasteiger partial charge in [0.15, 0.2) is 0 Å². The number of rotatable bonds is 6. The molecule has 0 aliphatic heterocycles. The topological polar surface area (TPSA) is 8.17 Å². The molecule has 1 heterocycles. The van der Waals surface area contributed by atoms with Crippen LogP contribution in [-0.4, -0.2) is 4.57 Å². The summed E-state index contributed by atoms with van der Waals surface area (Å²) in [6, 6.07) is 70.7. The minimum Gasteiger partial charge on any atom is -0.310 e. The van der Waals surface area contributed by atoms with Crippen molar-refractivity contribution < 1.29 is 0 Å². The Kier molecular flexibility index (Phi) is 7.19. The van der Waals surface area contributed by atoms with Crippen LogP contribution in [0.2, 0.25) is 0 Å². The summed E-state index contributed by atoms with van der Waals surface area (Å²) < 4.78 is 2.43. The Labute approximate surface area is 310 Å². The van der Waals surface area contributed by atoms with Crippen molar-refractivity contribution in [3.05, 3.63) is 205 Å². The van der Waals surface area contributed by atoms with Crippen LogP contribution < -0.4 is 4.90 Å². The number of aromatic nitrogens is 1. The Balaban J connectivity index is 1.08. The normalized spacial score (nSPS) is 12.9. The molecule has 0 atom stereocenters. The fraction of sp³-hybridized carbons (Fsp3) is 0.0588. The molecule has 0 N–H and O–H groups in total. The summed E-state index contributed by atoms with van der Waals surface area (Å²) in [5.74, 6) is 0. The first-order valence-electron chi connectivity index (χ1n) is 18.4. The molecule has 0 bridgehead atoms. The zero-order valence-corrected chi connectivity index (χ0v) is 29.9. The zero-order chi connectivity index (χ0) is 35.5. The van der Waals surface area contributed by atoms with Gasteiger partial charge in [0.05, 0.1) is 16.7 Å². The third kappa shape index (κ3) is 5.02. The highest BCUT2D eigenvalue weighted by Gasteiger charge is 2.36. The molecule has 0 unspecified atom stereocenters. The molecular weight excluding hydrogens is 641 g/mol. The van der Waals surface area contributed by atoms with E-state index in [4.69, 9.17) is 0 Å². The van der Waals surface area contributed by atoms with Crippen molar-refractivity contribution in [3.8, 4) is 39.1 Å². The summed E-state index contributed by atoms with van der Waals surface area (Å²) in [6.07, 6.45) is 0. The number of benzene rings is 8. The predicted octanol–water partition coefficient (Wildman–Crippen LogP) is 13.9. The van der Waals surface area contributed by atoms with Crippen molar-refractivity contribution in [2.24, 2.45) is 0 Å². The maximum Gasteiger partial charge on any atom is 0.0541 e. The first kappa shape index (κ1) is 31.1. The molecule has 8 aromatic carbocycles. The van der Waals surface area contributed by atoms with Gasteiger partial charge in [-0.05, 0) is 93.5 Å². The number of anilines is 3. The minimum absolute atomic E-state index is 0.204. The van der Waals surface area contributed by atoms with Crippen molar-refractivity contribution >= 4 is 38.9 Å². The summed E-state index contributed by atoms with van der Waals surface area (Å²) in [4.78, 5) is 2.42. The number of hydrogen-bond acceptors (Lipinski definition) is 1. The van der Waals surface area contributed by atoms with Crippen LogP contribution >= 0.6 is 0 Å². The molecule has 1 aliphatic carbocycles. The maximum absolute atomic E-state index is 2.43. The molecule has 0 radical (unpaired) electrons. The lowest BCUT2D eigenvalue weighted by Crippen LogP contribution is -2.17. The largest absolute Gasteiger partial charge is 0.310 e. The molecule has 0 fully saturated rings. The van der Waals surface area contributed by atoms with E-state index in [1.165, 1.54) is 72.0 Å². The second kappa shape index (κ2) is 12.3. The van der Waals surface area contributed by atoms with Gasteiger partial charge < -0.3 is 9.47 Å². The van der Waals surface area contributed by atoms with Crippen LogP contribution in [0, 0.1) is 0 Å². The van der Waals surface area contributed by atoms with Crippen molar-refractivity contribution in [1.29, 1.82) is 0 Å². The first-order chi connectivity index (χ1) is 26.1. The molecule has 0 amide bonds. The average Bonchev–Trinajstić information content (AvgIpc) is 3.67. The molecule has 53 heavy (non-hydrogen) atoms. The fourth-order valence-corrected chi connectivity index (χ4v) is 8.58. The smallest absolute Gasteiger partial charge is 0.0541 e. The number of para-hydroxylation sites is 4. The van der Waals surface area contributed by atoms with Gasteiger partial charge in [0.1, 0.15) is 0 Å². The Morgan fingerprint density at radius 3 is 1.62 bits per heavy atom. The van der Waals surface area contributed by atoms with Gasteiger partial charge in [0.2, 0.25) is 0 Å². The maximum atomic E-state index is 2.43. The Bertz CT molecular complexity index is 2740. The number of nitrogens with zero attached hydrogens (tertiary/aromatic N) is 2. The Hall–Kier alpha value is -6.64. The average molecular weight is 679 g/mol. The summed E-state index contributed by atoms with van der Waals surface area (Å²) in [6.45, 7) is 4.76. The summed E-state index contributed by atoms with van der Waals surface area (Å²) >= 11 is 0. The van der Waals surface area contributed by atoms with E-state index in [9.17, 15) is 0 Å². The Morgan fingerprint density at radius 1 is 0.396 bits per heavy atom. The van der Waals surface area contributed by atoms with Gasteiger partial charge in [-0.15, -0.1) is 0 Å². The van der Waals surface area contributed by atoms with E-state index in [1.807, 2.05) is 0 Å². The highest BCUT2D eigenvalue weighted by atomic mass is 15.1. The van der Waals surface area contributed by atoms with Gasteiger partial charge in [-0.3, -0.25) is 0 Å². The van der Waals surface area contributed by atoms with E-state index in [1.54, 1.807) is 0 Å². The van der Waals surface area contributed by atoms with Crippen molar-refractivity contribution in [3.63, 3.8) is 0 Å². The van der Waals surface area contributed by atoms with E-state index >= 15 is 0 Å². The van der Waals surface area contributed by atoms with Crippen molar-refractivity contribution in [2.45, 2.75) is 19.3 Å². The molecule has 1 aromatic heterocycles. The van der Waals surface area contributed by atoms with E-state index < -0.39 is 0 Å². The highest BCUT2D eigenvalue weighted by Crippen LogP contribution is 2.52. The molecule has 252 valence electrons. The van der Waals surface area contributed by atoms with Gasteiger partial charge in [-0.1, -0.05) is 153 Å². The van der Waals surface area contributed by atoms with Gasteiger partial charge in [0.25, 0.3) is 0 Å². The Morgan fingerprint density at radius 2 is 0.925 bits per heavy atom. The van der Waals surface area contributed by atoms with Crippen LogP contribution in [0.25, 0.3) is 60.9 Å². The lowest BCUT2D eigenvalue weighted by atomic mass is 9.82. The number of hydrogen-bond donors (Lipinski definition) is 0. The lowest BCUT2D eigenvalue weighted by molar-refractivity contribution is 0.660.